The molecule has 0 amide bonds. The zero-order chi connectivity index (χ0) is 12.0. The summed E-state index contributed by atoms with van der Waals surface area (Å²) in [5.41, 5.74) is 7.04. The highest BCUT2D eigenvalue weighted by atomic mass is 16.1. The van der Waals surface area contributed by atoms with Crippen LogP contribution in [-0.4, -0.2) is 4.57 Å². The smallest absolute Gasteiger partial charge is 0.258 e. The number of benzene rings is 1. The molecule has 17 heavy (non-hydrogen) atoms. The van der Waals surface area contributed by atoms with E-state index >= 15 is 0 Å². The summed E-state index contributed by atoms with van der Waals surface area (Å²) in [6.07, 6.45) is 2.19. The summed E-state index contributed by atoms with van der Waals surface area (Å²) in [5.74, 6) is 0. The highest BCUT2D eigenvalue weighted by Crippen LogP contribution is 2.36. The summed E-state index contributed by atoms with van der Waals surface area (Å²) < 4.78 is 1.90. The molecular formula is C14H16N2O. The molecule has 3 rings (SSSR count). The third kappa shape index (κ3) is 1.67. The molecule has 3 heteroatoms. The van der Waals surface area contributed by atoms with Crippen LogP contribution < -0.4 is 11.3 Å². The maximum atomic E-state index is 12.4. The molecule has 2 N–H and O–H groups in total. The second-order valence-corrected chi connectivity index (χ2v) is 4.85. The third-order valence-corrected chi connectivity index (χ3v) is 3.37. The SMILES string of the molecule is C[C@H](N)c1cc2ccccc2c(=O)n1C1CC1. The van der Waals surface area contributed by atoms with Crippen molar-refractivity contribution >= 4 is 10.8 Å². The lowest BCUT2D eigenvalue weighted by Crippen LogP contribution is -2.26. The van der Waals surface area contributed by atoms with Crippen LogP contribution in [0.1, 0.15) is 37.5 Å². The van der Waals surface area contributed by atoms with Gasteiger partial charge in [0.25, 0.3) is 5.56 Å². The molecule has 1 aliphatic rings. The van der Waals surface area contributed by atoms with Crippen molar-refractivity contribution in [2.75, 3.05) is 0 Å². The number of aromatic nitrogens is 1. The minimum atomic E-state index is -0.104. The Balaban J connectivity index is 2.38. The van der Waals surface area contributed by atoms with E-state index in [0.717, 1.165) is 29.3 Å². The Morgan fingerprint density at radius 1 is 1.35 bits per heavy atom. The molecule has 0 bridgehead atoms. The van der Waals surface area contributed by atoms with E-state index in [2.05, 4.69) is 6.07 Å². The van der Waals surface area contributed by atoms with E-state index in [1.54, 1.807) is 0 Å². The number of rotatable bonds is 2. The van der Waals surface area contributed by atoms with E-state index in [0.29, 0.717) is 6.04 Å². The van der Waals surface area contributed by atoms with Crippen LogP contribution in [0.4, 0.5) is 0 Å². The molecule has 1 aliphatic carbocycles. The van der Waals surface area contributed by atoms with Crippen LogP contribution in [0.15, 0.2) is 35.1 Å². The van der Waals surface area contributed by atoms with Crippen molar-refractivity contribution in [1.82, 2.24) is 4.57 Å². The van der Waals surface area contributed by atoms with E-state index in [-0.39, 0.29) is 11.6 Å². The fourth-order valence-corrected chi connectivity index (χ4v) is 2.35. The Morgan fingerprint density at radius 3 is 2.71 bits per heavy atom. The Hall–Kier alpha value is -1.61. The summed E-state index contributed by atoms with van der Waals surface area (Å²) in [6.45, 7) is 1.93. The van der Waals surface area contributed by atoms with Gasteiger partial charge in [-0.1, -0.05) is 18.2 Å². The Bertz CT molecular complexity index is 624. The van der Waals surface area contributed by atoms with Crippen molar-refractivity contribution in [3.8, 4) is 0 Å². The summed E-state index contributed by atoms with van der Waals surface area (Å²) in [6, 6.07) is 10.0. The predicted octanol–water partition coefficient (Wildman–Crippen LogP) is 2.36. The zero-order valence-electron chi connectivity index (χ0n) is 9.89. The molecule has 1 atom stereocenters. The quantitative estimate of drug-likeness (QED) is 0.857. The first-order valence-electron chi connectivity index (χ1n) is 6.08. The number of fused-ring (bicyclic) bond motifs is 1. The molecule has 1 aromatic carbocycles. The predicted molar refractivity (Wildman–Crippen MR) is 69.1 cm³/mol. The van der Waals surface area contributed by atoms with Gasteiger partial charge in [0.05, 0.1) is 0 Å². The van der Waals surface area contributed by atoms with Crippen LogP contribution in [0.3, 0.4) is 0 Å². The fraction of sp³-hybridized carbons (Fsp3) is 0.357. The summed E-state index contributed by atoms with van der Waals surface area (Å²) in [5, 5.41) is 1.78. The van der Waals surface area contributed by atoms with Gasteiger partial charge in [0.1, 0.15) is 0 Å². The van der Waals surface area contributed by atoms with Crippen LogP contribution in [0.5, 0.6) is 0 Å². The van der Waals surface area contributed by atoms with E-state index in [4.69, 9.17) is 5.73 Å². The zero-order valence-corrected chi connectivity index (χ0v) is 9.89. The van der Waals surface area contributed by atoms with Gasteiger partial charge in [0.15, 0.2) is 0 Å². The molecule has 0 aliphatic heterocycles. The largest absolute Gasteiger partial charge is 0.323 e. The van der Waals surface area contributed by atoms with Crippen LogP contribution in [0, 0.1) is 0 Å². The molecule has 1 saturated carbocycles. The van der Waals surface area contributed by atoms with E-state index < -0.39 is 0 Å². The minimum absolute atomic E-state index is 0.104. The van der Waals surface area contributed by atoms with Gasteiger partial charge in [-0.3, -0.25) is 4.79 Å². The lowest BCUT2D eigenvalue weighted by atomic mass is 10.1. The summed E-state index contributed by atoms with van der Waals surface area (Å²) >= 11 is 0. The number of hydrogen-bond acceptors (Lipinski definition) is 2. The van der Waals surface area contributed by atoms with Gasteiger partial charge >= 0.3 is 0 Å². The molecule has 1 fully saturated rings. The molecule has 0 saturated heterocycles. The maximum Gasteiger partial charge on any atom is 0.258 e. The molecule has 88 valence electrons. The number of nitrogens with zero attached hydrogens (tertiary/aromatic N) is 1. The molecule has 0 radical (unpaired) electrons. The van der Waals surface area contributed by atoms with Gasteiger partial charge in [0, 0.05) is 23.2 Å². The van der Waals surface area contributed by atoms with Gasteiger partial charge in [0.2, 0.25) is 0 Å². The number of nitrogens with two attached hydrogens (primary N) is 1. The highest BCUT2D eigenvalue weighted by Gasteiger charge is 2.28. The fourth-order valence-electron chi connectivity index (χ4n) is 2.35. The molecule has 2 aromatic rings. The lowest BCUT2D eigenvalue weighted by molar-refractivity contribution is 0.620. The van der Waals surface area contributed by atoms with Crippen molar-refractivity contribution in [2.45, 2.75) is 31.8 Å². The Morgan fingerprint density at radius 2 is 2.06 bits per heavy atom. The van der Waals surface area contributed by atoms with Crippen LogP contribution in [0.2, 0.25) is 0 Å². The van der Waals surface area contributed by atoms with Crippen molar-refractivity contribution in [2.24, 2.45) is 5.73 Å². The molecule has 3 nitrogen and oxygen atoms in total. The first kappa shape index (κ1) is 10.5. The maximum absolute atomic E-state index is 12.4. The second-order valence-electron chi connectivity index (χ2n) is 4.85. The average molecular weight is 228 g/mol. The van der Waals surface area contributed by atoms with Gasteiger partial charge in [-0.2, -0.15) is 0 Å². The highest BCUT2D eigenvalue weighted by molar-refractivity contribution is 5.82. The Labute approximate surface area is 99.9 Å². The van der Waals surface area contributed by atoms with Crippen LogP contribution in [0.25, 0.3) is 10.8 Å². The molecule has 1 heterocycles. The van der Waals surface area contributed by atoms with Crippen molar-refractivity contribution in [1.29, 1.82) is 0 Å². The third-order valence-electron chi connectivity index (χ3n) is 3.37. The summed E-state index contributed by atoms with van der Waals surface area (Å²) in [4.78, 5) is 12.4. The number of hydrogen-bond donors (Lipinski definition) is 1. The van der Waals surface area contributed by atoms with E-state index in [9.17, 15) is 4.79 Å². The minimum Gasteiger partial charge on any atom is -0.323 e. The normalized spacial score (nSPS) is 17.3. The Kier molecular flexibility index (Phi) is 2.30. The first-order valence-corrected chi connectivity index (χ1v) is 6.08. The molecule has 0 spiro atoms. The second kappa shape index (κ2) is 3.70. The van der Waals surface area contributed by atoms with Gasteiger partial charge in [-0.15, -0.1) is 0 Å². The monoisotopic (exact) mass is 228 g/mol. The lowest BCUT2D eigenvalue weighted by Gasteiger charge is -2.16. The number of pyridine rings is 1. The van der Waals surface area contributed by atoms with Crippen molar-refractivity contribution < 1.29 is 0 Å². The van der Waals surface area contributed by atoms with Crippen LogP contribution >= 0.6 is 0 Å². The van der Waals surface area contributed by atoms with Gasteiger partial charge in [-0.05, 0) is 37.3 Å². The molecular weight excluding hydrogens is 212 g/mol. The van der Waals surface area contributed by atoms with Crippen LogP contribution in [-0.2, 0) is 0 Å². The van der Waals surface area contributed by atoms with E-state index in [1.165, 1.54) is 0 Å². The molecule has 0 unspecified atom stereocenters. The summed E-state index contributed by atoms with van der Waals surface area (Å²) in [7, 11) is 0. The molecule has 1 aromatic heterocycles. The van der Waals surface area contributed by atoms with Crippen molar-refractivity contribution in [3.63, 3.8) is 0 Å². The van der Waals surface area contributed by atoms with Gasteiger partial charge in [-0.25, -0.2) is 0 Å². The standard InChI is InChI=1S/C14H16N2O/c1-9(15)13-8-10-4-2-3-5-12(10)14(17)16(13)11-6-7-11/h2-5,8-9,11H,6-7,15H2,1H3/t9-/m0/s1. The topological polar surface area (TPSA) is 48.0 Å². The van der Waals surface area contributed by atoms with Crippen molar-refractivity contribution in [3.05, 3.63) is 46.4 Å². The van der Waals surface area contributed by atoms with Gasteiger partial charge < -0.3 is 10.3 Å². The average Bonchev–Trinajstić information content (AvgIpc) is 3.13. The first-order chi connectivity index (χ1) is 8.18. The van der Waals surface area contributed by atoms with E-state index in [1.807, 2.05) is 35.8 Å².